The van der Waals surface area contributed by atoms with Gasteiger partial charge in [0.1, 0.15) is 11.8 Å². The molecule has 1 aliphatic carbocycles. The van der Waals surface area contributed by atoms with Gasteiger partial charge in [-0.3, -0.25) is 4.79 Å². The van der Waals surface area contributed by atoms with E-state index in [9.17, 15) is 4.79 Å². The van der Waals surface area contributed by atoms with Crippen molar-refractivity contribution in [3.63, 3.8) is 0 Å². The highest BCUT2D eigenvalue weighted by Crippen LogP contribution is 2.28. The number of carbonyl (C=O) groups is 1. The zero-order chi connectivity index (χ0) is 11.8. The number of fused-ring (bicyclic) bond motifs is 1. The van der Waals surface area contributed by atoms with Crippen molar-refractivity contribution in [2.24, 2.45) is 0 Å². The second-order valence-electron chi connectivity index (χ2n) is 4.22. The summed E-state index contributed by atoms with van der Waals surface area (Å²) >= 11 is 5.93. The molecule has 0 saturated heterocycles. The number of imidazole rings is 1. The van der Waals surface area contributed by atoms with Gasteiger partial charge in [0.2, 0.25) is 0 Å². The van der Waals surface area contributed by atoms with E-state index in [0.717, 1.165) is 19.3 Å². The lowest BCUT2D eigenvalue weighted by molar-refractivity contribution is -0.123. The molecular weight excluding hydrogens is 240 g/mol. The van der Waals surface area contributed by atoms with Crippen LogP contribution >= 0.6 is 11.6 Å². The Morgan fingerprint density at radius 2 is 2.18 bits per heavy atom. The summed E-state index contributed by atoms with van der Waals surface area (Å²) in [7, 11) is 0. The largest absolute Gasteiger partial charge is 0.304 e. The molecule has 0 aliphatic heterocycles. The maximum Gasteiger partial charge on any atom is 0.165 e. The molecule has 0 spiro atoms. The van der Waals surface area contributed by atoms with Crippen LogP contribution in [0.25, 0.3) is 11.2 Å². The van der Waals surface area contributed by atoms with Crippen molar-refractivity contribution >= 4 is 28.5 Å². The van der Waals surface area contributed by atoms with Crippen molar-refractivity contribution in [1.82, 2.24) is 19.5 Å². The fourth-order valence-corrected chi connectivity index (χ4v) is 2.49. The molecule has 1 fully saturated rings. The Balaban J connectivity index is 2.11. The maximum atomic E-state index is 11.9. The highest BCUT2D eigenvalue weighted by Gasteiger charge is 2.25. The van der Waals surface area contributed by atoms with Crippen LogP contribution in [0.15, 0.2) is 12.7 Å². The lowest BCUT2D eigenvalue weighted by Gasteiger charge is -2.21. The van der Waals surface area contributed by atoms with Gasteiger partial charge < -0.3 is 4.57 Å². The van der Waals surface area contributed by atoms with Gasteiger partial charge in [0.25, 0.3) is 0 Å². The SMILES string of the molecule is O=C1CCCCC1n1cnc2c(Cl)ncnc21. The van der Waals surface area contributed by atoms with Gasteiger partial charge in [-0.05, 0) is 12.8 Å². The minimum absolute atomic E-state index is 0.139. The smallest absolute Gasteiger partial charge is 0.165 e. The normalized spacial score (nSPS) is 21.0. The molecule has 0 N–H and O–H groups in total. The van der Waals surface area contributed by atoms with Crippen LogP contribution in [0.1, 0.15) is 31.7 Å². The summed E-state index contributed by atoms with van der Waals surface area (Å²) in [6.45, 7) is 0. The fourth-order valence-electron chi connectivity index (χ4n) is 2.31. The Hall–Kier alpha value is -1.49. The Morgan fingerprint density at radius 3 is 3.00 bits per heavy atom. The summed E-state index contributed by atoms with van der Waals surface area (Å²) in [5.74, 6) is 0.255. The summed E-state index contributed by atoms with van der Waals surface area (Å²) in [5, 5.41) is 0.331. The summed E-state index contributed by atoms with van der Waals surface area (Å²) in [5.41, 5.74) is 1.21. The number of aromatic nitrogens is 4. The highest BCUT2D eigenvalue weighted by molar-refractivity contribution is 6.33. The highest BCUT2D eigenvalue weighted by atomic mass is 35.5. The Morgan fingerprint density at radius 1 is 1.29 bits per heavy atom. The van der Waals surface area contributed by atoms with E-state index in [1.165, 1.54) is 6.33 Å². The third-order valence-corrected chi connectivity index (χ3v) is 3.45. The van der Waals surface area contributed by atoms with Gasteiger partial charge in [0, 0.05) is 6.42 Å². The average Bonchev–Trinajstić information content (AvgIpc) is 2.75. The van der Waals surface area contributed by atoms with E-state index in [4.69, 9.17) is 11.6 Å². The van der Waals surface area contributed by atoms with E-state index in [1.54, 1.807) is 6.33 Å². The third kappa shape index (κ3) is 1.70. The van der Waals surface area contributed by atoms with Crippen LogP contribution in [-0.2, 0) is 4.79 Å². The molecule has 1 saturated carbocycles. The first kappa shape index (κ1) is 10.7. The van der Waals surface area contributed by atoms with Gasteiger partial charge in [-0.15, -0.1) is 0 Å². The molecule has 0 amide bonds. The van der Waals surface area contributed by atoms with Crippen LogP contribution < -0.4 is 0 Å². The van der Waals surface area contributed by atoms with E-state index in [-0.39, 0.29) is 11.8 Å². The molecular formula is C11H11ClN4O. The number of halogens is 1. The Bertz CT molecular complexity index is 580. The number of Topliss-reactive ketones (excluding diaryl/α,β-unsaturated/α-hetero) is 1. The van der Waals surface area contributed by atoms with Gasteiger partial charge in [-0.25, -0.2) is 15.0 Å². The predicted octanol–water partition coefficient (Wildman–Crippen LogP) is 2.16. The molecule has 1 atom stereocenters. The van der Waals surface area contributed by atoms with E-state index in [0.29, 0.717) is 22.7 Å². The van der Waals surface area contributed by atoms with Crippen LogP contribution in [0.3, 0.4) is 0 Å². The van der Waals surface area contributed by atoms with Crippen molar-refractivity contribution < 1.29 is 4.79 Å². The fraction of sp³-hybridized carbons (Fsp3) is 0.455. The molecule has 3 rings (SSSR count). The van der Waals surface area contributed by atoms with Crippen LogP contribution in [0, 0.1) is 0 Å². The summed E-state index contributed by atoms with van der Waals surface area (Å²) in [6.07, 6.45) is 6.58. The number of nitrogens with zero attached hydrogens (tertiary/aromatic N) is 4. The lowest BCUT2D eigenvalue weighted by atomic mass is 9.94. The minimum atomic E-state index is -0.139. The topological polar surface area (TPSA) is 60.7 Å². The van der Waals surface area contributed by atoms with Gasteiger partial charge in [-0.2, -0.15) is 0 Å². The van der Waals surface area contributed by atoms with Gasteiger partial charge in [0.05, 0.1) is 12.4 Å². The second-order valence-corrected chi connectivity index (χ2v) is 4.57. The summed E-state index contributed by atoms with van der Waals surface area (Å²) in [4.78, 5) is 24.1. The molecule has 0 bridgehead atoms. The molecule has 2 heterocycles. The van der Waals surface area contributed by atoms with Crippen molar-refractivity contribution in [3.05, 3.63) is 17.8 Å². The van der Waals surface area contributed by atoms with Crippen LogP contribution in [-0.4, -0.2) is 25.3 Å². The quantitative estimate of drug-likeness (QED) is 0.728. The van der Waals surface area contributed by atoms with Crippen molar-refractivity contribution in [1.29, 1.82) is 0 Å². The first-order valence-corrected chi connectivity index (χ1v) is 6.01. The van der Waals surface area contributed by atoms with E-state index in [1.807, 2.05) is 4.57 Å². The lowest BCUT2D eigenvalue weighted by Crippen LogP contribution is -2.22. The first-order chi connectivity index (χ1) is 8.27. The Kier molecular flexibility index (Phi) is 2.55. The number of ketones is 1. The average molecular weight is 251 g/mol. The zero-order valence-electron chi connectivity index (χ0n) is 9.14. The van der Waals surface area contributed by atoms with E-state index in [2.05, 4.69) is 15.0 Å². The molecule has 0 aromatic carbocycles. The molecule has 1 unspecified atom stereocenters. The van der Waals surface area contributed by atoms with Crippen molar-refractivity contribution in [2.45, 2.75) is 31.7 Å². The maximum absolute atomic E-state index is 11.9. The molecule has 1 aliphatic rings. The number of carbonyl (C=O) groups excluding carboxylic acids is 1. The predicted molar refractivity (Wildman–Crippen MR) is 62.8 cm³/mol. The molecule has 17 heavy (non-hydrogen) atoms. The van der Waals surface area contributed by atoms with Gasteiger partial charge >= 0.3 is 0 Å². The second kappa shape index (κ2) is 4.07. The Labute approximate surface area is 103 Å². The van der Waals surface area contributed by atoms with Crippen LogP contribution in [0.5, 0.6) is 0 Å². The standard InChI is InChI=1S/C11H11ClN4O/c12-10-9-11(14-5-13-10)16(6-15-9)7-3-1-2-4-8(7)17/h5-7H,1-4H2. The van der Waals surface area contributed by atoms with Crippen molar-refractivity contribution in [3.8, 4) is 0 Å². The first-order valence-electron chi connectivity index (χ1n) is 5.63. The van der Waals surface area contributed by atoms with E-state index >= 15 is 0 Å². The van der Waals surface area contributed by atoms with Crippen molar-refractivity contribution in [2.75, 3.05) is 0 Å². The summed E-state index contributed by atoms with van der Waals surface area (Å²) in [6, 6.07) is -0.139. The van der Waals surface area contributed by atoms with Gasteiger partial charge in [0.15, 0.2) is 16.6 Å². The van der Waals surface area contributed by atoms with Crippen LogP contribution in [0.2, 0.25) is 5.15 Å². The van der Waals surface area contributed by atoms with E-state index < -0.39 is 0 Å². The molecule has 88 valence electrons. The monoisotopic (exact) mass is 250 g/mol. The minimum Gasteiger partial charge on any atom is -0.304 e. The summed E-state index contributed by atoms with van der Waals surface area (Å²) < 4.78 is 1.82. The molecule has 2 aromatic rings. The number of hydrogen-bond donors (Lipinski definition) is 0. The third-order valence-electron chi connectivity index (χ3n) is 3.17. The molecule has 0 radical (unpaired) electrons. The van der Waals surface area contributed by atoms with Crippen LogP contribution in [0.4, 0.5) is 0 Å². The zero-order valence-corrected chi connectivity index (χ0v) is 9.89. The number of hydrogen-bond acceptors (Lipinski definition) is 4. The van der Waals surface area contributed by atoms with Gasteiger partial charge in [-0.1, -0.05) is 18.0 Å². The molecule has 2 aromatic heterocycles. The number of rotatable bonds is 1. The molecule has 6 heteroatoms. The molecule has 5 nitrogen and oxygen atoms in total.